The van der Waals surface area contributed by atoms with Gasteiger partial charge in [0, 0.05) is 35.9 Å². The fraction of sp³-hybridized carbons (Fsp3) is 0.200. The summed E-state index contributed by atoms with van der Waals surface area (Å²) < 4.78 is 13.8. The van der Waals surface area contributed by atoms with E-state index >= 15 is 0 Å². The lowest BCUT2D eigenvalue weighted by Crippen LogP contribution is -2.16. The van der Waals surface area contributed by atoms with Gasteiger partial charge in [0.1, 0.15) is 5.82 Å². The molecule has 0 saturated carbocycles. The third-order valence-electron chi connectivity index (χ3n) is 3.46. The molecule has 0 atom stereocenters. The van der Waals surface area contributed by atoms with Crippen molar-refractivity contribution in [2.24, 2.45) is 0 Å². The minimum absolute atomic E-state index is 0.247. The highest BCUT2D eigenvalue weighted by Gasteiger charge is 2.21. The second kappa shape index (κ2) is 4.83. The molecule has 0 radical (unpaired) electrons. The Balaban J connectivity index is 1.81. The van der Waals surface area contributed by atoms with Crippen molar-refractivity contribution in [1.29, 1.82) is 0 Å². The number of benzene rings is 2. The second-order valence-electron chi connectivity index (χ2n) is 4.87. The van der Waals surface area contributed by atoms with E-state index < -0.39 is 0 Å². The van der Waals surface area contributed by atoms with Crippen LogP contribution in [0.1, 0.15) is 16.7 Å². The lowest BCUT2D eigenvalue weighted by molar-refractivity contribution is 0.271. The standard InChI is InChI=1S/C15H14ClFN2/c16-14-2-1-3-15(17)13(14)9-19-7-10-4-5-12(18)6-11(10)8-19/h1-6H,7-9,18H2. The molecule has 2 N–H and O–H groups in total. The van der Waals surface area contributed by atoms with Gasteiger partial charge < -0.3 is 5.73 Å². The Morgan fingerprint density at radius 1 is 1.16 bits per heavy atom. The van der Waals surface area contributed by atoms with Crippen molar-refractivity contribution in [3.8, 4) is 0 Å². The maximum atomic E-state index is 13.8. The topological polar surface area (TPSA) is 29.3 Å². The molecule has 19 heavy (non-hydrogen) atoms. The first kappa shape index (κ1) is 12.5. The van der Waals surface area contributed by atoms with Gasteiger partial charge in [-0.1, -0.05) is 23.7 Å². The maximum absolute atomic E-state index is 13.8. The zero-order valence-electron chi connectivity index (χ0n) is 10.4. The number of hydrogen-bond donors (Lipinski definition) is 1. The van der Waals surface area contributed by atoms with E-state index in [2.05, 4.69) is 4.90 Å². The van der Waals surface area contributed by atoms with E-state index in [9.17, 15) is 4.39 Å². The van der Waals surface area contributed by atoms with Crippen LogP contribution in [0.5, 0.6) is 0 Å². The number of nitrogens with two attached hydrogens (primary N) is 1. The number of halogens is 2. The monoisotopic (exact) mass is 276 g/mol. The van der Waals surface area contributed by atoms with Crippen LogP contribution >= 0.6 is 11.6 Å². The molecule has 0 spiro atoms. The van der Waals surface area contributed by atoms with Gasteiger partial charge in [-0.25, -0.2) is 4.39 Å². The van der Waals surface area contributed by atoms with Gasteiger partial charge in [0.15, 0.2) is 0 Å². The molecule has 1 aliphatic rings. The minimum atomic E-state index is -0.247. The van der Waals surface area contributed by atoms with Crippen molar-refractivity contribution in [1.82, 2.24) is 4.90 Å². The first-order chi connectivity index (χ1) is 9.13. The molecule has 0 aromatic heterocycles. The van der Waals surface area contributed by atoms with Gasteiger partial charge in [-0.05, 0) is 35.4 Å². The molecule has 0 bridgehead atoms. The van der Waals surface area contributed by atoms with Crippen LogP contribution in [0.3, 0.4) is 0 Å². The highest BCUT2D eigenvalue weighted by molar-refractivity contribution is 6.31. The molecule has 0 unspecified atom stereocenters. The third kappa shape index (κ3) is 2.44. The molecule has 0 amide bonds. The van der Waals surface area contributed by atoms with E-state index in [1.165, 1.54) is 17.2 Å². The summed E-state index contributed by atoms with van der Waals surface area (Å²) in [6.45, 7) is 2.10. The van der Waals surface area contributed by atoms with Crippen LogP contribution in [0, 0.1) is 5.82 Å². The largest absolute Gasteiger partial charge is 0.399 e. The highest BCUT2D eigenvalue weighted by Crippen LogP contribution is 2.28. The smallest absolute Gasteiger partial charge is 0.129 e. The summed E-state index contributed by atoms with van der Waals surface area (Å²) in [6.07, 6.45) is 0. The summed E-state index contributed by atoms with van der Waals surface area (Å²) in [6, 6.07) is 10.7. The Hall–Kier alpha value is -1.58. The average molecular weight is 277 g/mol. The van der Waals surface area contributed by atoms with Crippen LogP contribution in [-0.2, 0) is 19.6 Å². The Kier molecular flexibility index (Phi) is 3.17. The predicted octanol–water partition coefficient (Wildman–Crippen LogP) is 3.58. The SMILES string of the molecule is Nc1ccc2c(c1)CN(Cc1c(F)cccc1Cl)C2. The summed E-state index contributed by atoms with van der Waals surface area (Å²) in [5, 5.41) is 0.482. The molecule has 98 valence electrons. The van der Waals surface area contributed by atoms with E-state index in [4.69, 9.17) is 17.3 Å². The van der Waals surface area contributed by atoms with E-state index in [0.29, 0.717) is 17.1 Å². The number of hydrogen-bond acceptors (Lipinski definition) is 2. The normalized spacial score (nSPS) is 14.6. The van der Waals surface area contributed by atoms with Crippen molar-refractivity contribution >= 4 is 17.3 Å². The highest BCUT2D eigenvalue weighted by atomic mass is 35.5. The third-order valence-corrected chi connectivity index (χ3v) is 3.82. The molecule has 4 heteroatoms. The lowest BCUT2D eigenvalue weighted by Gasteiger charge is -2.16. The first-order valence-electron chi connectivity index (χ1n) is 6.16. The zero-order valence-corrected chi connectivity index (χ0v) is 11.1. The fourth-order valence-corrected chi connectivity index (χ4v) is 2.73. The van der Waals surface area contributed by atoms with Gasteiger partial charge in [-0.2, -0.15) is 0 Å². The van der Waals surface area contributed by atoms with Gasteiger partial charge in [-0.15, -0.1) is 0 Å². The molecule has 2 nitrogen and oxygen atoms in total. The minimum Gasteiger partial charge on any atom is -0.399 e. The van der Waals surface area contributed by atoms with Crippen molar-refractivity contribution in [3.63, 3.8) is 0 Å². The van der Waals surface area contributed by atoms with Crippen LogP contribution in [0.25, 0.3) is 0 Å². The van der Waals surface area contributed by atoms with Gasteiger partial charge >= 0.3 is 0 Å². The second-order valence-corrected chi connectivity index (χ2v) is 5.28. The Bertz CT molecular complexity index is 607. The van der Waals surface area contributed by atoms with Crippen LogP contribution in [0.15, 0.2) is 36.4 Å². The number of anilines is 1. The molecule has 2 aromatic carbocycles. The molecule has 2 aromatic rings. The van der Waals surface area contributed by atoms with Crippen molar-refractivity contribution in [2.45, 2.75) is 19.6 Å². The lowest BCUT2D eigenvalue weighted by atomic mass is 10.1. The summed E-state index contributed by atoms with van der Waals surface area (Å²) >= 11 is 6.06. The number of nitrogen functional groups attached to an aromatic ring is 1. The Labute approximate surface area is 116 Å². The van der Waals surface area contributed by atoms with Crippen molar-refractivity contribution in [3.05, 3.63) is 63.9 Å². The van der Waals surface area contributed by atoms with Crippen LogP contribution < -0.4 is 5.73 Å². The van der Waals surface area contributed by atoms with E-state index in [-0.39, 0.29) is 5.82 Å². The molecule has 1 aliphatic heterocycles. The number of nitrogens with zero attached hydrogens (tertiary/aromatic N) is 1. The summed E-state index contributed by atoms with van der Waals surface area (Å²) in [5.41, 5.74) is 9.57. The molecule has 0 saturated heterocycles. The van der Waals surface area contributed by atoms with Crippen LogP contribution in [0.4, 0.5) is 10.1 Å². The number of rotatable bonds is 2. The van der Waals surface area contributed by atoms with Crippen molar-refractivity contribution < 1.29 is 4.39 Å². The predicted molar refractivity (Wildman–Crippen MR) is 75.2 cm³/mol. The van der Waals surface area contributed by atoms with Gasteiger partial charge in [0.05, 0.1) is 0 Å². The summed E-state index contributed by atoms with van der Waals surface area (Å²) in [4.78, 5) is 2.16. The molecule has 3 rings (SSSR count). The van der Waals surface area contributed by atoms with Gasteiger partial charge in [-0.3, -0.25) is 4.90 Å². The Morgan fingerprint density at radius 3 is 2.74 bits per heavy atom. The zero-order chi connectivity index (χ0) is 13.4. The quantitative estimate of drug-likeness (QED) is 0.850. The van der Waals surface area contributed by atoms with E-state index in [0.717, 1.165) is 18.8 Å². The van der Waals surface area contributed by atoms with Gasteiger partial charge in [0.2, 0.25) is 0 Å². The molecule has 0 fully saturated rings. The molecular weight excluding hydrogens is 263 g/mol. The first-order valence-corrected chi connectivity index (χ1v) is 6.54. The summed E-state index contributed by atoms with van der Waals surface area (Å²) in [7, 11) is 0. The molecule has 1 heterocycles. The molecular formula is C15H14ClFN2. The van der Waals surface area contributed by atoms with E-state index in [1.807, 2.05) is 18.2 Å². The average Bonchev–Trinajstić information content (AvgIpc) is 2.75. The fourth-order valence-electron chi connectivity index (χ4n) is 2.50. The molecule has 0 aliphatic carbocycles. The van der Waals surface area contributed by atoms with Crippen LogP contribution in [0.2, 0.25) is 5.02 Å². The van der Waals surface area contributed by atoms with Crippen molar-refractivity contribution in [2.75, 3.05) is 5.73 Å². The number of fused-ring (bicyclic) bond motifs is 1. The maximum Gasteiger partial charge on any atom is 0.129 e. The van der Waals surface area contributed by atoms with Crippen LogP contribution in [-0.4, -0.2) is 4.90 Å². The summed E-state index contributed by atoms with van der Waals surface area (Å²) in [5.74, 6) is -0.247. The Morgan fingerprint density at radius 2 is 1.95 bits per heavy atom. The van der Waals surface area contributed by atoms with Gasteiger partial charge in [0.25, 0.3) is 0 Å². The van der Waals surface area contributed by atoms with E-state index in [1.54, 1.807) is 12.1 Å².